The van der Waals surface area contributed by atoms with Gasteiger partial charge < -0.3 is 9.84 Å². The number of rotatable bonds is 3. The second-order valence-electron chi connectivity index (χ2n) is 6.01. The van der Waals surface area contributed by atoms with Crippen molar-refractivity contribution in [3.05, 3.63) is 35.4 Å². The van der Waals surface area contributed by atoms with E-state index in [0.717, 1.165) is 18.4 Å². The first-order valence-corrected chi connectivity index (χ1v) is 6.91. The van der Waals surface area contributed by atoms with Gasteiger partial charge in [-0.2, -0.15) is 0 Å². The lowest BCUT2D eigenvalue weighted by Gasteiger charge is -2.41. The summed E-state index contributed by atoms with van der Waals surface area (Å²) < 4.78 is 5.68. The van der Waals surface area contributed by atoms with Crippen LogP contribution in [-0.2, 0) is 16.8 Å². The van der Waals surface area contributed by atoms with Gasteiger partial charge in [0.05, 0.1) is 17.8 Å². The van der Waals surface area contributed by atoms with E-state index >= 15 is 0 Å². The minimum absolute atomic E-state index is 0.241. The molecule has 0 spiro atoms. The normalized spacial score (nSPS) is 27.1. The number of hydrogen-bond donors (Lipinski definition) is 1. The summed E-state index contributed by atoms with van der Waals surface area (Å²) in [6.07, 6.45) is 3.61. The molecule has 18 heavy (non-hydrogen) atoms. The van der Waals surface area contributed by atoms with Gasteiger partial charge in [-0.05, 0) is 31.4 Å². The van der Waals surface area contributed by atoms with Crippen LogP contribution in [0.15, 0.2) is 24.3 Å². The lowest BCUT2D eigenvalue weighted by Crippen LogP contribution is -2.43. The van der Waals surface area contributed by atoms with Gasteiger partial charge in [0.1, 0.15) is 0 Å². The number of aryl methyl sites for hydroxylation is 1. The highest BCUT2D eigenvalue weighted by atomic mass is 16.5. The highest BCUT2D eigenvalue weighted by molar-refractivity contribution is 5.28. The Labute approximate surface area is 110 Å². The summed E-state index contributed by atoms with van der Waals surface area (Å²) in [4.78, 5) is 0. The van der Waals surface area contributed by atoms with Gasteiger partial charge in [0.15, 0.2) is 0 Å². The molecule has 2 heteroatoms. The van der Waals surface area contributed by atoms with Gasteiger partial charge >= 0.3 is 0 Å². The first-order chi connectivity index (χ1) is 8.45. The van der Waals surface area contributed by atoms with Crippen molar-refractivity contribution < 1.29 is 9.84 Å². The summed E-state index contributed by atoms with van der Waals surface area (Å²) in [7, 11) is 0. The highest BCUT2D eigenvalue weighted by Gasteiger charge is 2.40. The van der Waals surface area contributed by atoms with Crippen molar-refractivity contribution in [2.45, 2.75) is 57.7 Å². The zero-order valence-corrected chi connectivity index (χ0v) is 11.7. The van der Waals surface area contributed by atoms with Crippen LogP contribution in [0.2, 0.25) is 0 Å². The molecule has 0 bridgehead atoms. The van der Waals surface area contributed by atoms with Gasteiger partial charge in [-0.3, -0.25) is 0 Å². The first kappa shape index (κ1) is 13.6. The van der Waals surface area contributed by atoms with Gasteiger partial charge in [-0.25, -0.2) is 0 Å². The van der Waals surface area contributed by atoms with E-state index in [1.54, 1.807) is 0 Å². The zero-order chi connectivity index (χ0) is 13.2. The van der Waals surface area contributed by atoms with Crippen LogP contribution in [0.25, 0.3) is 0 Å². The highest BCUT2D eigenvalue weighted by Crippen LogP contribution is 2.39. The molecular weight excluding hydrogens is 224 g/mol. The van der Waals surface area contributed by atoms with Gasteiger partial charge in [0, 0.05) is 12.8 Å². The Morgan fingerprint density at radius 1 is 1.22 bits per heavy atom. The molecule has 1 aromatic rings. The SMILES string of the molecule is CCCc1ccc(C2(O)CCOC(C)(C)C2)cc1. The minimum atomic E-state index is -0.730. The maximum absolute atomic E-state index is 10.8. The Morgan fingerprint density at radius 2 is 1.89 bits per heavy atom. The average molecular weight is 248 g/mol. The summed E-state index contributed by atoms with van der Waals surface area (Å²) in [6.45, 7) is 6.90. The van der Waals surface area contributed by atoms with Gasteiger partial charge in [0.25, 0.3) is 0 Å². The zero-order valence-electron chi connectivity index (χ0n) is 11.7. The van der Waals surface area contributed by atoms with Gasteiger partial charge in [-0.15, -0.1) is 0 Å². The third kappa shape index (κ3) is 2.93. The van der Waals surface area contributed by atoms with E-state index in [4.69, 9.17) is 4.74 Å². The Hall–Kier alpha value is -0.860. The van der Waals surface area contributed by atoms with Gasteiger partial charge in [-0.1, -0.05) is 37.6 Å². The predicted octanol–water partition coefficient (Wildman–Crippen LogP) is 3.42. The average Bonchev–Trinajstić information content (AvgIpc) is 2.28. The molecule has 1 N–H and O–H groups in total. The maximum atomic E-state index is 10.8. The lowest BCUT2D eigenvalue weighted by molar-refractivity contribution is -0.148. The Balaban J connectivity index is 2.19. The Kier molecular flexibility index (Phi) is 3.79. The van der Waals surface area contributed by atoms with Crippen LogP contribution in [0, 0.1) is 0 Å². The van der Waals surface area contributed by atoms with E-state index in [2.05, 4.69) is 31.2 Å². The summed E-state index contributed by atoms with van der Waals surface area (Å²) in [5, 5.41) is 10.8. The second-order valence-corrected chi connectivity index (χ2v) is 6.01. The summed E-state index contributed by atoms with van der Waals surface area (Å²) in [5.41, 5.74) is 1.40. The third-order valence-electron chi connectivity index (χ3n) is 3.76. The van der Waals surface area contributed by atoms with Crippen molar-refractivity contribution in [3.63, 3.8) is 0 Å². The van der Waals surface area contributed by atoms with Crippen LogP contribution in [0.1, 0.15) is 51.2 Å². The Bertz CT molecular complexity index is 394. The summed E-state index contributed by atoms with van der Waals surface area (Å²) in [6, 6.07) is 8.43. The molecule has 0 amide bonds. The fourth-order valence-electron chi connectivity index (χ4n) is 2.86. The molecule has 1 heterocycles. The number of hydrogen-bond acceptors (Lipinski definition) is 2. The van der Waals surface area contributed by atoms with Crippen LogP contribution in [0.4, 0.5) is 0 Å². The number of aliphatic hydroxyl groups is 1. The molecule has 0 radical (unpaired) electrons. The molecule has 1 aliphatic heterocycles. The standard InChI is InChI=1S/C16H24O2/c1-4-5-13-6-8-14(9-7-13)16(17)10-11-18-15(2,3)12-16/h6-9,17H,4-5,10-12H2,1-3H3. The summed E-state index contributed by atoms with van der Waals surface area (Å²) in [5.74, 6) is 0. The number of ether oxygens (including phenoxy) is 1. The molecule has 0 saturated carbocycles. The van der Waals surface area contributed by atoms with E-state index in [1.807, 2.05) is 13.8 Å². The number of benzene rings is 1. The minimum Gasteiger partial charge on any atom is -0.385 e. The first-order valence-electron chi connectivity index (χ1n) is 6.91. The van der Waals surface area contributed by atoms with Crippen LogP contribution in [0.3, 0.4) is 0 Å². The van der Waals surface area contributed by atoms with Gasteiger partial charge in [0.2, 0.25) is 0 Å². The maximum Gasteiger partial charge on any atom is 0.0945 e. The van der Waals surface area contributed by atoms with Crippen molar-refractivity contribution >= 4 is 0 Å². The molecule has 1 aliphatic rings. The largest absolute Gasteiger partial charge is 0.385 e. The smallest absolute Gasteiger partial charge is 0.0945 e. The molecule has 1 saturated heterocycles. The van der Waals surface area contributed by atoms with Crippen molar-refractivity contribution in [3.8, 4) is 0 Å². The molecular formula is C16H24O2. The predicted molar refractivity (Wildman–Crippen MR) is 73.6 cm³/mol. The van der Waals surface area contributed by atoms with E-state index in [1.165, 1.54) is 5.56 Å². The second kappa shape index (κ2) is 5.02. The molecule has 1 atom stereocenters. The quantitative estimate of drug-likeness (QED) is 0.888. The topological polar surface area (TPSA) is 29.5 Å². The molecule has 1 aromatic carbocycles. The lowest BCUT2D eigenvalue weighted by atomic mass is 9.79. The van der Waals surface area contributed by atoms with Crippen molar-refractivity contribution in [2.24, 2.45) is 0 Å². The molecule has 2 nitrogen and oxygen atoms in total. The Morgan fingerprint density at radius 3 is 2.44 bits per heavy atom. The van der Waals surface area contributed by atoms with Crippen molar-refractivity contribution in [2.75, 3.05) is 6.61 Å². The summed E-state index contributed by atoms with van der Waals surface area (Å²) >= 11 is 0. The van der Waals surface area contributed by atoms with Crippen LogP contribution < -0.4 is 0 Å². The van der Waals surface area contributed by atoms with E-state index in [-0.39, 0.29) is 5.60 Å². The molecule has 1 unspecified atom stereocenters. The molecule has 0 aromatic heterocycles. The van der Waals surface area contributed by atoms with E-state index in [9.17, 15) is 5.11 Å². The van der Waals surface area contributed by atoms with Crippen molar-refractivity contribution in [1.29, 1.82) is 0 Å². The van der Waals surface area contributed by atoms with E-state index in [0.29, 0.717) is 19.4 Å². The van der Waals surface area contributed by atoms with Crippen LogP contribution in [0.5, 0.6) is 0 Å². The molecule has 1 fully saturated rings. The van der Waals surface area contributed by atoms with E-state index < -0.39 is 5.60 Å². The fraction of sp³-hybridized carbons (Fsp3) is 0.625. The monoisotopic (exact) mass is 248 g/mol. The molecule has 100 valence electrons. The van der Waals surface area contributed by atoms with Crippen LogP contribution >= 0.6 is 0 Å². The fourth-order valence-corrected chi connectivity index (χ4v) is 2.86. The third-order valence-corrected chi connectivity index (χ3v) is 3.76. The van der Waals surface area contributed by atoms with Crippen molar-refractivity contribution in [1.82, 2.24) is 0 Å². The molecule has 2 rings (SSSR count). The molecule has 0 aliphatic carbocycles. The van der Waals surface area contributed by atoms with Crippen LogP contribution in [-0.4, -0.2) is 17.3 Å².